The summed E-state index contributed by atoms with van der Waals surface area (Å²) >= 11 is 0. The van der Waals surface area contributed by atoms with Gasteiger partial charge in [-0.1, -0.05) is 24.3 Å². The van der Waals surface area contributed by atoms with Crippen LogP contribution in [0.3, 0.4) is 0 Å². The second kappa shape index (κ2) is 6.42. The Balaban J connectivity index is 1.86. The first-order valence-corrected chi connectivity index (χ1v) is 6.12. The number of methoxy groups -OCH3 is 1. The molecule has 0 amide bonds. The second-order valence-corrected chi connectivity index (χ2v) is 4.23. The first kappa shape index (κ1) is 12.1. The highest BCUT2D eigenvalue weighted by atomic mass is 16.5. The molecule has 2 rings (SSSR count). The third kappa shape index (κ3) is 3.88. The van der Waals surface area contributed by atoms with Crippen LogP contribution in [-0.2, 0) is 0 Å². The maximum absolute atomic E-state index is 5.20. The molecule has 1 aromatic rings. The number of benzene rings is 1. The van der Waals surface area contributed by atoms with E-state index in [0.717, 1.165) is 38.5 Å². The molecule has 0 atom stereocenters. The Morgan fingerprint density at radius 1 is 1.35 bits per heavy atom. The van der Waals surface area contributed by atoms with Crippen LogP contribution in [0.4, 0.5) is 0 Å². The summed E-state index contributed by atoms with van der Waals surface area (Å²) < 4.78 is 5.20. The number of rotatable bonds is 4. The number of nitrogens with one attached hydrogen (secondary N) is 1. The average Bonchev–Trinajstić information content (AvgIpc) is 2.40. The molecule has 0 unspecified atom stereocenters. The van der Waals surface area contributed by atoms with Gasteiger partial charge < -0.3 is 10.1 Å². The van der Waals surface area contributed by atoms with E-state index in [1.54, 1.807) is 7.11 Å². The highest BCUT2D eigenvalue weighted by Crippen LogP contribution is 2.13. The van der Waals surface area contributed by atoms with E-state index in [0.29, 0.717) is 0 Å². The van der Waals surface area contributed by atoms with Gasteiger partial charge in [0.1, 0.15) is 5.75 Å². The van der Waals surface area contributed by atoms with Crippen LogP contribution < -0.4 is 10.1 Å². The van der Waals surface area contributed by atoms with Crippen LogP contribution in [0.2, 0.25) is 0 Å². The van der Waals surface area contributed by atoms with Gasteiger partial charge in [-0.25, -0.2) is 0 Å². The van der Waals surface area contributed by atoms with Crippen molar-refractivity contribution in [1.29, 1.82) is 0 Å². The molecule has 1 N–H and O–H groups in total. The molecule has 1 aliphatic rings. The third-order valence-corrected chi connectivity index (χ3v) is 2.98. The van der Waals surface area contributed by atoms with Crippen molar-refractivity contribution in [2.45, 2.75) is 0 Å². The fourth-order valence-electron chi connectivity index (χ4n) is 1.98. The Kier molecular flexibility index (Phi) is 4.59. The normalized spacial score (nSPS) is 17.5. The molecular weight excluding hydrogens is 212 g/mol. The molecule has 0 saturated carbocycles. The lowest BCUT2D eigenvalue weighted by Gasteiger charge is -2.25. The minimum absolute atomic E-state index is 0.911. The topological polar surface area (TPSA) is 24.5 Å². The molecule has 0 bridgehead atoms. The van der Waals surface area contributed by atoms with E-state index in [1.807, 2.05) is 18.2 Å². The maximum atomic E-state index is 5.20. The molecule has 1 heterocycles. The highest BCUT2D eigenvalue weighted by molar-refractivity contribution is 5.51. The van der Waals surface area contributed by atoms with E-state index in [-0.39, 0.29) is 0 Å². The summed E-state index contributed by atoms with van der Waals surface area (Å²) in [4.78, 5) is 2.45. The van der Waals surface area contributed by atoms with Crippen LogP contribution in [0.1, 0.15) is 5.56 Å². The van der Waals surface area contributed by atoms with Gasteiger partial charge in [-0.05, 0) is 17.7 Å². The predicted octanol–water partition coefficient (Wildman–Crippen LogP) is 1.61. The Hall–Kier alpha value is -1.32. The van der Waals surface area contributed by atoms with Crippen LogP contribution >= 0.6 is 0 Å². The zero-order valence-electron chi connectivity index (χ0n) is 10.4. The van der Waals surface area contributed by atoms with Gasteiger partial charge in [0.25, 0.3) is 0 Å². The van der Waals surface area contributed by atoms with E-state index < -0.39 is 0 Å². The van der Waals surface area contributed by atoms with Crippen LogP contribution in [0.25, 0.3) is 6.08 Å². The van der Waals surface area contributed by atoms with Gasteiger partial charge in [0.05, 0.1) is 7.11 Å². The first-order chi connectivity index (χ1) is 8.38. The minimum atomic E-state index is 0.911. The second-order valence-electron chi connectivity index (χ2n) is 4.23. The molecule has 17 heavy (non-hydrogen) atoms. The molecule has 1 fully saturated rings. The van der Waals surface area contributed by atoms with Crippen molar-refractivity contribution in [1.82, 2.24) is 10.2 Å². The van der Waals surface area contributed by atoms with Crippen molar-refractivity contribution < 1.29 is 4.74 Å². The summed E-state index contributed by atoms with van der Waals surface area (Å²) in [6.07, 6.45) is 4.38. The smallest absolute Gasteiger partial charge is 0.119 e. The van der Waals surface area contributed by atoms with Gasteiger partial charge in [0.2, 0.25) is 0 Å². The van der Waals surface area contributed by atoms with Crippen molar-refractivity contribution in [2.24, 2.45) is 0 Å². The molecule has 1 aliphatic heterocycles. The largest absolute Gasteiger partial charge is 0.497 e. The quantitative estimate of drug-likeness (QED) is 0.853. The lowest BCUT2D eigenvalue weighted by Crippen LogP contribution is -2.43. The summed E-state index contributed by atoms with van der Waals surface area (Å²) in [6, 6.07) is 8.13. The molecule has 0 radical (unpaired) electrons. The molecular formula is C14H20N2O. The van der Waals surface area contributed by atoms with Crippen molar-refractivity contribution >= 4 is 6.08 Å². The van der Waals surface area contributed by atoms with Gasteiger partial charge in [0, 0.05) is 32.7 Å². The SMILES string of the molecule is COc1cccc(C=CCN2CCNCC2)c1. The first-order valence-electron chi connectivity index (χ1n) is 6.12. The van der Waals surface area contributed by atoms with E-state index in [4.69, 9.17) is 4.74 Å². The summed E-state index contributed by atoms with van der Waals surface area (Å²) in [5.41, 5.74) is 1.19. The number of piperazine rings is 1. The fraction of sp³-hybridized carbons (Fsp3) is 0.429. The van der Waals surface area contributed by atoms with Gasteiger partial charge >= 0.3 is 0 Å². The van der Waals surface area contributed by atoms with E-state index in [1.165, 1.54) is 5.56 Å². The van der Waals surface area contributed by atoms with Gasteiger partial charge in [-0.3, -0.25) is 4.90 Å². The Labute approximate surface area is 103 Å². The summed E-state index contributed by atoms with van der Waals surface area (Å²) in [6.45, 7) is 5.52. The Morgan fingerprint density at radius 3 is 2.94 bits per heavy atom. The van der Waals surface area contributed by atoms with Gasteiger partial charge in [-0.2, -0.15) is 0 Å². The zero-order chi connectivity index (χ0) is 11.9. The minimum Gasteiger partial charge on any atom is -0.497 e. The van der Waals surface area contributed by atoms with Crippen molar-refractivity contribution in [2.75, 3.05) is 39.8 Å². The molecule has 3 heteroatoms. The van der Waals surface area contributed by atoms with E-state index in [2.05, 4.69) is 28.4 Å². The molecule has 3 nitrogen and oxygen atoms in total. The van der Waals surface area contributed by atoms with Crippen molar-refractivity contribution in [3.63, 3.8) is 0 Å². The van der Waals surface area contributed by atoms with Gasteiger partial charge in [0.15, 0.2) is 0 Å². The van der Waals surface area contributed by atoms with Crippen molar-refractivity contribution in [3.8, 4) is 5.75 Å². The van der Waals surface area contributed by atoms with Gasteiger partial charge in [-0.15, -0.1) is 0 Å². The molecule has 1 saturated heterocycles. The molecule has 0 spiro atoms. The molecule has 92 valence electrons. The maximum Gasteiger partial charge on any atom is 0.119 e. The molecule has 1 aromatic carbocycles. The highest BCUT2D eigenvalue weighted by Gasteiger charge is 2.06. The summed E-state index contributed by atoms with van der Waals surface area (Å²) in [7, 11) is 1.70. The monoisotopic (exact) mass is 232 g/mol. The van der Waals surface area contributed by atoms with Crippen LogP contribution in [0.5, 0.6) is 5.75 Å². The third-order valence-electron chi connectivity index (χ3n) is 2.98. The lowest BCUT2D eigenvalue weighted by atomic mass is 10.2. The summed E-state index contributed by atoms with van der Waals surface area (Å²) in [5.74, 6) is 0.911. The Bertz CT molecular complexity index is 370. The zero-order valence-corrected chi connectivity index (χ0v) is 10.4. The summed E-state index contributed by atoms with van der Waals surface area (Å²) in [5, 5.41) is 3.36. The average molecular weight is 232 g/mol. The predicted molar refractivity (Wildman–Crippen MR) is 71.3 cm³/mol. The number of ether oxygens (including phenoxy) is 1. The van der Waals surface area contributed by atoms with Crippen LogP contribution in [0, 0.1) is 0 Å². The number of hydrogen-bond donors (Lipinski definition) is 1. The van der Waals surface area contributed by atoms with Crippen molar-refractivity contribution in [3.05, 3.63) is 35.9 Å². The van der Waals surface area contributed by atoms with E-state index >= 15 is 0 Å². The lowest BCUT2D eigenvalue weighted by molar-refractivity contribution is 0.265. The standard InChI is InChI=1S/C14H20N2O/c1-17-14-6-2-4-13(12-14)5-3-9-16-10-7-15-8-11-16/h2-6,12,15H,7-11H2,1H3. The molecule has 0 aromatic heterocycles. The molecule has 0 aliphatic carbocycles. The fourth-order valence-corrected chi connectivity index (χ4v) is 1.98. The number of hydrogen-bond acceptors (Lipinski definition) is 3. The Morgan fingerprint density at radius 2 is 2.18 bits per heavy atom. The van der Waals surface area contributed by atoms with Crippen LogP contribution in [-0.4, -0.2) is 44.7 Å². The van der Waals surface area contributed by atoms with E-state index in [9.17, 15) is 0 Å². The number of nitrogens with zero attached hydrogens (tertiary/aromatic N) is 1. The van der Waals surface area contributed by atoms with Crippen LogP contribution in [0.15, 0.2) is 30.3 Å².